The van der Waals surface area contributed by atoms with E-state index in [1.54, 1.807) is 5.38 Å². The third-order valence-electron chi connectivity index (χ3n) is 2.44. The summed E-state index contributed by atoms with van der Waals surface area (Å²) >= 11 is 1.11. The summed E-state index contributed by atoms with van der Waals surface area (Å²) in [6.07, 6.45) is 0.183. The number of Topliss-reactive ketones (excluding diaryl/α,β-unsaturated/α-hetero) is 1. The van der Waals surface area contributed by atoms with E-state index in [1.165, 1.54) is 20.1 Å². The van der Waals surface area contributed by atoms with E-state index in [9.17, 15) is 14.4 Å². The number of thiophene rings is 1. The number of nitrogens with one attached hydrogen (secondary N) is 1. The fourth-order valence-corrected chi connectivity index (χ4v) is 2.21. The molecule has 0 saturated carbocycles. The van der Waals surface area contributed by atoms with Crippen LogP contribution >= 0.6 is 11.3 Å². The SMILES string of the molecule is COCCC(NC(=O)c1cc(C(C)=O)cs1)C(=O)O. The van der Waals surface area contributed by atoms with E-state index < -0.39 is 17.9 Å². The van der Waals surface area contributed by atoms with Crippen molar-refractivity contribution in [3.05, 3.63) is 21.9 Å². The quantitative estimate of drug-likeness (QED) is 0.734. The van der Waals surface area contributed by atoms with Gasteiger partial charge in [-0.2, -0.15) is 0 Å². The van der Waals surface area contributed by atoms with Gasteiger partial charge in [0.2, 0.25) is 0 Å². The first-order valence-electron chi connectivity index (χ1n) is 5.57. The number of rotatable bonds is 7. The first-order valence-corrected chi connectivity index (χ1v) is 6.45. The van der Waals surface area contributed by atoms with Gasteiger partial charge in [0.25, 0.3) is 5.91 Å². The molecule has 0 aliphatic carbocycles. The molecule has 7 heteroatoms. The standard InChI is InChI=1S/C12H15NO5S/c1-7(14)8-5-10(19-6-8)11(15)13-9(12(16)17)3-4-18-2/h5-6,9H,3-4H2,1-2H3,(H,13,15)(H,16,17). The highest BCUT2D eigenvalue weighted by Gasteiger charge is 2.21. The molecule has 1 atom stereocenters. The van der Waals surface area contributed by atoms with Gasteiger partial charge in [0.1, 0.15) is 6.04 Å². The maximum atomic E-state index is 11.8. The molecule has 2 N–H and O–H groups in total. The molecular formula is C12H15NO5S. The lowest BCUT2D eigenvalue weighted by molar-refractivity contribution is -0.139. The van der Waals surface area contributed by atoms with Crippen LogP contribution < -0.4 is 5.32 Å². The van der Waals surface area contributed by atoms with Gasteiger partial charge in [0.15, 0.2) is 5.78 Å². The molecule has 0 saturated heterocycles. The Bertz CT molecular complexity index is 482. The predicted molar refractivity (Wildman–Crippen MR) is 69.7 cm³/mol. The third-order valence-corrected chi connectivity index (χ3v) is 3.37. The van der Waals surface area contributed by atoms with E-state index in [1.807, 2.05) is 0 Å². The number of carboxylic acids is 1. The largest absolute Gasteiger partial charge is 0.480 e. The molecule has 19 heavy (non-hydrogen) atoms. The molecule has 0 aliphatic rings. The van der Waals surface area contributed by atoms with Crippen molar-refractivity contribution in [3.63, 3.8) is 0 Å². The molecule has 0 aromatic carbocycles. The fraction of sp³-hybridized carbons (Fsp3) is 0.417. The van der Waals surface area contributed by atoms with Gasteiger partial charge in [-0.1, -0.05) is 0 Å². The van der Waals surface area contributed by atoms with Crippen molar-refractivity contribution >= 4 is 29.0 Å². The van der Waals surface area contributed by atoms with Gasteiger partial charge >= 0.3 is 5.97 Å². The van der Waals surface area contributed by atoms with Crippen LogP contribution in [-0.4, -0.2) is 42.5 Å². The summed E-state index contributed by atoms with van der Waals surface area (Å²) < 4.78 is 4.79. The Morgan fingerprint density at radius 3 is 2.63 bits per heavy atom. The Labute approximate surface area is 114 Å². The fourth-order valence-electron chi connectivity index (χ4n) is 1.36. The number of methoxy groups -OCH3 is 1. The van der Waals surface area contributed by atoms with Gasteiger partial charge in [-0.25, -0.2) is 4.79 Å². The molecule has 0 spiro atoms. The van der Waals surface area contributed by atoms with Crippen LogP contribution in [0, 0.1) is 0 Å². The van der Waals surface area contributed by atoms with Crippen LogP contribution in [0.4, 0.5) is 0 Å². The smallest absolute Gasteiger partial charge is 0.326 e. The molecule has 0 fully saturated rings. The van der Waals surface area contributed by atoms with Crippen LogP contribution in [0.2, 0.25) is 0 Å². The minimum absolute atomic E-state index is 0.135. The molecule has 1 aromatic rings. The number of amides is 1. The lowest BCUT2D eigenvalue weighted by Crippen LogP contribution is -2.41. The number of aliphatic carboxylic acids is 1. The minimum Gasteiger partial charge on any atom is -0.480 e. The highest BCUT2D eigenvalue weighted by molar-refractivity contribution is 7.12. The highest BCUT2D eigenvalue weighted by atomic mass is 32.1. The molecule has 6 nitrogen and oxygen atoms in total. The molecule has 0 radical (unpaired) electrons. The molecule has 1 amide bonds. The Kier molecular flexibility index (Phi) is 5.65. The van der Waals surface area contributed by atoms with E-state index in [2.05, 4.69) is 5.32 Å². The lowest BCUT2D eigenvalue weighted by Gasteiger charge is -2.13. The van der Waals surface area contributed by atoms with Crippen molar-refractivity contribution in [2.24, 2.45) is 0 Å². The number of hydrogen-bond acceptors (Lipinski definition) is 5. The monoisotopic (exact) mass is 285 g/mol. The number of ether oxygens (including phenoxy) is 1. The molecule has 0 bridgehead atoms. The summed E-state index contributed by atoms with van der Waals surface area (Å²) in [5.74, 6) is -1.75. The molecule has 1 aromatic heterocycles. The molecule has 104 valence electrons. The molecular weight excluding hydrogens is 270 g/mol. The van der Waals surface area contributed by atoms with Gasteiger partial charge in [-0.3, -0.25) is 9.59 Å². The summed E-state index contributed by atoms with van der Waals surface area (Å²) in [7, 11) is 1.46. The molecule has 1 unspecified atom stereocenters. The summed E-state index contributed by atoms with van der Waals surface area (Å²) in [6.45, 7) is 1.64. The lowest BCUT2D eigenvalue weighted by atomic mass is 10.2. The Morgan fingerprint density at radius 1 is 1.47 bits per heavy atom. The highest BCUT2D eigenvalue weighted by Crippen LogP contribution is 2.15. The number of carbonyl (C=O) groups is 3. The normalized spacial score (nSPS) is 11.9. The second-order valence-corrected chi connectivity index (χ2v) is 4.81. The van der Waals surface area contributed by atoms with E-state index >= 15 is 0 Å². The maximum absolute atomic E-state index is 11.8. The van der Waals surface area contributed by atoms with E-state index in [-0.39, 0.29) is 18.8 Å². The van der Waals surface area contributed by atoms with Gasteiger partial charge in [-0.15, -0.1) is 11.3 Å². The van der Waals surface area contributed by atoms with Gasteiger partial charge in [0, 0.05) is 31.1 Å². The van der Waals surface area contributed by atoms with Gasteiger partial charge in [0.05, 0.1) is 4.88 Å². The summed E-state index contributed by atoms with van der Waals surface area (Å²) in [6, 6.07) is 0.452. The van der Waals surface area contributed by atoms with E-state index in [4.69, 9.17) is 9.84 Å². The average molecular weight is 285 g/mol. The van der Waals surface area contributed by atoms with Crippen LogP contribution in [0.15, 0.2) is 11.4 Å². The first kappa shape index (κ1) is 15.3. The number of ketones is 1. The number of carboxylic acid groups (broad SMARTS) is 1. The minimum atomic E-state index is -1.12. The first-order chi connectivity index (χ1) is 8.95. The van der Waals surface area contributed by atoms with Gasteiger partial charge < -0.3 is 15.2 Å². The Balaban J connectivity index is 2.70. The van der Waals surface area contributed by atoms with Crippen LogP contribution in [0.1, 0.15) is 33.4 Å². The Morgan fingerprint density at radius 2 is 2.16 bits per heavy atom. The van der Waals surface area contributed by atoms with Crippen LogP contribution in [-0.2, 0) is 9.53 Å². The predicted octanol–water partition coefficient (Wildman–Crippen LogP) is 1.17. The van der Waals surface area contributed by atoms with Crippen molar-refractivity contribution in [2.75, 3.05) is 13.7 Å². The molecule has 1 heterocycles. The summed E-state index contributed by atoms with van der Waals surface area (Å²) in [5.41, 5.74) is 0.443. The number of hydrogen-bond donors (Lipinski definition) is 2. The zero-order valence-electron chi connectivity index (χ0n) is 10.6. The zero-order chi connectivity index (χ0) is 14.4. The Hall–Kier alpha value is -1.73. The van der Waals surface area contributed by atoms with Crippen molar-refractivity contribution in [2.45, 2.75) is 19.4 Å². The van der Waals surface area contributed by atoms with Crippen molar-refractivity contribution in [1.29, 1.82) is 0 Å². The van der Waals surface area contributed by atoms with Crippen LogP contribution in [0.5, 0.6) is 0 Å². The van der Waals surface area contributed by atoms with Crippen molar-refractivity contribution in [1.82, 2.24) is 5.32 Å². The maximum Gasteiger partial charge on any atom is 0.326 e. The van der Waals surface area contributed by atoms with Crippen LogP contribution in [0.25, 0.3) is 0 Å². The van der Waals surface area contributed by atoms with E-state index in [0.717, 1.165) is 11.3 Å². The topological polar surface area (TPSA) is 92.7 Å². The summed E-state index contributed by atoms with van der Waals surface area (Å²) in [5, 5.41) is 12.9. The average Bonchev–Trinajstić information content (AvgIpc) is 2.83. The molecule has 1 rings (SSSR count). The second-order valence-electron chi connectivity index (χ2n) is 3.90. The van der Waals surface area contributed by atoms with Crippen molar-refractivity contribution in [3.8, 4) is 0 Å². The summed E-state index contributed by atoms with van der Waals surface area (Å²) in [4.78, 5) is 34.2. The number of carbonyl (C=O) groups excluding carboxylic acids is 2. The van der Waals surface area contributed by atoms with Crippen molar-refractivity contribution < 1.29 is 24.2 Å². The van der Waals surface area contributed by atoms with E-state index in [0.29, 0.717) is 10.4 Å². The third kappa shape index (κ3) is 4.46. The van der Waals surface area contributed by atoms with Crippen LogP contribution in [0.3, 0.4) is 0 Å². The molecule has 0 aliphatic heterocycles. The second kappa shape index (κ2) is 7.01. The van der Waals surface area contributed by atoms with Gasteiger partial charge in [-0.05, 0) is 13.0 Å². The zero-order valence-corrected chi connectivity index (χ0v) is 11.5.